The highest BCUT2D eigenvalue weighted by atomic mass is 32.1. The fourth-order valence-electron chi connectivity index (χ4n) is 2.44. The van der Waals surface area contributed by atoms with E-state index in [0.29, 0.717) is 31.3 Å². The van der Waals surface area contributed by atoms with Crippen molar-refractivity contribution in [3.8, 4) is 11.5 Å². The van der Waals surface area contributed by atoms with Gasteiger partial charge >= 0.3 is 0 Å². The average molecular weight is 341 g/mol. The number of hydrogen-bond donors (Lipinski definition) is 0. The predicted molar refractivity (Wildman–Crippen MR) is 88.0 cm³/mol. The van der Waals surface area contributed by atoms with Gasteiger partial charge in [0.05, 0.1) is 37.7 Å². The lowest BCUT2D eigenvalue weighted by atomic mass is 10.3. The first-order chi connectivity index (χ1) is 11.9. The third-order valence-electron chi connectivity index (χ3n) is 3.52. The summed E-state index contributed by atoms with van der Waals surface area (Å²) in [6.07, 6.45) is 3.34. The molecule has 0 fully saturated rings. The lowest BCUT2D eigenvalue weighted by molar-refractivity contribution is 0.202. The average Bonchev–Trinajstić information content (AvgIpc) is 3.37. The predicted octanol–water partition coefficient (Wildman–Crippen LogP) is 4.19. The van der Waals surface area contributed by atoms with Crippen LogP contribution >= 0.6 is 11.3 Å². The van der Waals surface area contributed by atoms with Crippen LogP contribution in [0, 0.1) is 0 Å². The minimum Gasteiger partial charge on any atom is -0.468 e. The van der Waals surface area contributed by atoms with E-state index in [1.807, 2.05) is 41.1 Å². The first kappa shape index (κ1) is 14.9. The van der Waals surface area contributed by atoms with E-state index < -0.39 is 0 Å². The summed E-state index contributed by atoms with van der Waals surface area (Å²) < 4.78 is 16.3. The van der Waals surface area contributed by atoms with E-state index in [1.165, 1.54) is 0 Å². The van der Waals surface area contributed by atoms with Crippen LogP contribution in [0.4, 0.5) is 0 Å². The van der Waals surface area contributed by atoms with Gasteiger partial charge in [-0.25, -0.2) is 0 Å². The Kier molecular flexibility index (Phi) is 4.26. The van der Waals surface area contributed by atoms with E-state index in [-0.39, 0.29) is 0 Å². The third-order valence-corrected chi connectivity index (χ3v) is 4.20. The van der Waals surface area contributed by atoms with Crippen molar-refractivity contribution < 1.29 is 13.4 Å². The Hall–Kier alpha value is -2.64. The number of furan rings is 2. The normalized spacial score (nSPS) is 11.4. The summed E-state index contributed by atoms with van der Waals surface area (Å²) in [5, 5.41) is 8.06. The molecule has 4 aromatic rings. The van der Waals surface area contributed by atoms with Crippen molar-refractivity contribution >= 4 is 11.3 Å². The molecule has 0 unspecified atom stereocenters. The van der Waals surface area contributed by atoms with E-state index in [4.69, 9.17) is 13.4 Å². The lowest BCUT2D eigenvalue weighted by Crippen LogP contribution is -2.22. The van der Waals surface area contributed by atoms with Crippen molar-refractivity contribution in [2.75, 3.05) is 0 Å². The molecule has 0 N–H and O–H groups in total. The van der Waals surface area contributed by atoms with Gasteiger partial charge in [0.15, 0.2) is 5.82 Å². The van der Waals surface area contributed by atoms with Crippen LogP contribution in [0.2, 0.25) is 0 Å². The molecule has 6 nitrogen and oxygen atoms in total. The number of hydrogen-bond acceptors (Lipinski definition) is 7. The van der Waals surface area contributed by atoms with Gasteiger partial charge < -0.3 is 13.4 Å². The Balaban J connectivity index is 1.50. The summed E-state index contributed by atoms with van der Waals surface area (Å²) >= 11 is 1.60. The molecule has 0 aliphatic carbocycles. The molecule has 4 rings (SSSR count). The molecule has 4 heterocycles. The molecule has 24 heavy (non-hydrogen) atoms. The van der Waals surface area contributed by atoms with Crippen molar-refractivity contribution in [1.82, 2.24) is 15.0 Å². The van der Waals surface area contributed by atoms with Gasteiger partial charge in [-0.3, -0.25) is 4.90 Å². The molecule has 0 aliphatic heterocycles. The van der Waals surface area contributed by atoms with Crippen LogP contribution in [0.1, 0.15) is 17.3 Å². The highest BCUT2D eigenvalue weighted by Crippen LogP contribution is 2.21. The first-order valence-electron chi connectivity index (χ1n) is 7.49. The van der Waals surface area contributed by atoms with E-state index in [9.17, 15) is 0 Å². The molecular formula is C17H15N3O3S. The zero-order valence-corrected chi connectivity index (χ0v) is 13.6. The molecule has 0 amide bonds. The van der Waals surface area contributed by atoms with Gasteiger partial charge in [0.25, 0.3) is 5.89 Å². The Bertz CT molecular complexity index is 815. The second kappa shape index (κ2) is 6.86. The van der Waals surface area contributed by atoms with E-state index in [1.54, 1.807) is 23.9 Å². The van der Waals surface area contributed by atoms with Gasteiger partial charge in [0.1, 0.15) is 11.5 Å². The van der Waals surface area contributed by atoms with E-state index in [0.717, 1.165) is 17.1 Å². The van der Waals surface area contributed by atoms with Crippen LogP contribution < -0.4 is 0 Å². The second-order valence-electron chi connectivity index (χ2n) is 5.33. The van der Waals surface area contributed by atoms with Gasteiger partial charge in [-0.05, 0) is 35.7 Å². The zero-order valence-electron chi connectivity index (χ0n) is 12.8. The van der Waals surface area contributed by atoms with Crippen LogP contribution in [0.25, 0.3) is 11.5 Å². The van der Waals surface area contributed by atoms with Crippen LogP contribution in [0.5, 0.6) is 0 Å². The maximum atomic E-state index is 5.45. The minimum absolute atomic E-state index is 0.537. The standard InChI is InChI=1S/C17H15N3O3S/c1-3-14(21-6-1)9-20(10-15-4-2-7-22-15)11-16-18-17(23-19-16)13-5-8-24-12-13/h1-8,12H,9-11H2. The summed E-state index contributed by atoms with van der Waals surface area (Å²) in [6.45, 7) is 1.81. The Labute approximate surface area is 142 Å². The fourth-order valence-corrected chi connectivity index (χ4v) is 3.06. The number of aromatic nitrogens is 2. The Morgan fingerprint density at radius 2 is 1.71 bits per heavy atom. The van der Waals surface area contributed by atoms with Crippen molar-refractivity contribution in [3.63, 3.8) is 0 Å². The van der Waals surface area contributed by atoms with Crippen molar-refractivity contribution in [2.24, 2.45) is 0 Å². The van der Waals surface area contributed by atoms with Gasteiger partial charge in [-0.1, -0.05) is 5.16 Å². The molecule has 0 bridgehead atoms. The van der Waals surface area contributed by atoms with Gasteiger partial charge in [-0.15, -0.1) is 0 Å². The largest absolute Gasteiger partial charge is 0.468 e. The smallest absolute Gasteiger partial charge is 0.258 e. The molecular weight excluding hydrogens is 326 g/mol. The summed E-state index contributed by atoms with van der Waals surface area (Å²) in [6, 6.07) is 9.61. The van der Waals surface area contributed by atoms with E-state index in [2.05, 4.69) is 15.0 Å². The fraction of sp³-hybridized carbons (Fsp3) is 0.176. The van der Waals surface area contributed by atoms with Crippen molar-refractivity contribution in [3.05, 3.63) is 71.0 Å². The number of rotatable bonds is 7. The zero-order chi connectivity index (χ0) is 16.2. The maximum absolute atomic E-state index is 5.45. The van der Waals surface area contributed by atoms with Gasteiger partial charge in [0, 0.05) is 5.38 Å². The topological polar surface area (TPSA) is 68.4 Å². The molecule has 0 radical (unpaired) electrons. The SMILES string of the molecule is c1coc(CN(Cc2noc(-c3ccsc3)n2)Cc2ccco2)c1. The van der Waals surface area contributed by atoms with Crippen molar-refractivity contribution in [2.45, 2.75) is 19.6 Å². The summed E-state index contributed by atoms with van der Waals surface area (Å²) in [5.41, 5.74) is 0.947. The summed E-state index contributed by atoms with van der Waals surface area (Å²) in [7, 11) is 0. The molecule has 4 aromatic heterocycles. The third kappa shape index (κ3) is 3.47. The van der Waals surface area contributed by atoms with Crippen LogP contribution in [0.3, 0.4) is 0 Å². The molecule has 0 saturated heterocycles. The molecule has 0 saturated carbocycles. The molecule has 0 aromatic carbocycles. The van der Waals surface area contributed by atoms with Crippen LogP contribution in [-0.2, 0) is 19.6 Å². The number of nitrogens with zero attached hydrogens (tertiary/aromatic N) is 3. The second-order valence-corrected chi connectivity index (χ2v) is 6.11. The summed E-state index contributed by atoms with van der Waals surface area (Å²) in [5.74, 6) is 2.93. The maximum Gasteiger partial charge on any atom is 0.258 e. The minimum atomic E-state index is 0.537. The molecule has 0 atom stereocenters. The lowest BCUT2D eigenvalue weighted by Gasteiger charge is -2.17. The Morgan fingerprint density at radius 3 is 2.29 bits per heavy atom. The van der Waals surface area contributed by atoms with Crippen LogP contribution in [0.15, 0.2) is 67.0 Å². The molecule has 0 spiro atoms. The molecule has 122 valence electrons. The van der Waals surface area contributed by atoms with Gasteiger partial charge in [0.2, 0.25) is 0 Å². The number of thiophene rings is 1. The monoisotopic (exact) mass is 341 g/mol. The quantitative estimate of drug-likeness (QED) is 0.502. The first-order valence-corrected chi connectivity index (χ1v) is 8.43. The summed E-state index contributed by atoms with van der Waals surface area (Å²) in [4.78, 5) is 6.62. The van der Waals surface area contributed by atoms with Crippen LogP contribution in [-0.4, -0.2) is 15.0 Å². The Morgan fingerprint density at radius 1 is 0.958 bits per heavy atom. The molecule has 0 aliphatic rings. The van der Waals surface area contributed by atoms with E-state index >= 15 is 0 Å². The highest BCUT2D eigenvalue weighted by molar-refractivity contribution is 7.08. The highest BCUT2D eigenvalue weighted by Gasteiger charge is 2.16. The van der Waals surface area contributed by atoms with Crippen molar-refractivity contribution in [1.29, 1.82) is 0 Å². The molecule has 7 heteroatoms. The van der Waals surface area contributed by atoms with Gasteiger partial charge in [-0.2, -0.15) is 16.3 Å².